The van der Waals surface area contributed by atoms with Gasteiger partial charge in [0.2, 0.25) is 0 Å². The second-order valence-electron chi connectivity index (χ2n) is 2.26. The smallest absolute Gasteiger partial charge is 0.265 e. The van der Waals surface area contributed by atoms with Crippen LogP contribution in [0.3, 0.4) is 0 Å². The van der Waals surface area contributed by atoms with E-state index in [1.54, 1.807) is 0 Å². The molecule has 1 rings (SSSR count). The van der Waals surface area contributed by atoms with Gasteiger partial charge >= 0.3 is 0 Å². The third kappa shape index (κ3) is 2.21. The summed E-state index contributed by atoms with van der Waals surface area (Å²) in [5, 5.41) is -1.39. The summed E-state index contributed by atoms with van der Waals surface area (Å²) in [4.78, 5) is 14.4. The predicted octanol–water partition coefficient (Wildman–Crippen LogP) is 3.81. The van der Waals surface area contributed by atoms with Gasteiger partial charge in [0.15, 0.2) is 0 Å². The van der Waals surface area contributed by atoms with Crippen molar-refractivity contribution in [2.75, 3.05) is 0 Å². The van der Waals surface area contributed by atoms with Crippen molar-refractivity contribution >= 4 is 44.4 Å². The van der Waals surface area contributed by atoms with Gasteiger partial charge in [-0.2, -0.15) is 0 Å². The first-order valence-electron chi connectivity index (χ1n) is 3.27. The highest BCUT2D eigenvalue weighted by Crippen LogP contribution is 2.33. The molecule has 1 aromatic rings. The minimum absolute atomic E-state index is 0.000833. The fraction of sp³-hybridized carbons (Fsp3) is 0.143. The van der Waals surface area contributed by atoms with E-state index in [-0.39, 0.29) is 9.63 Å². The van der Waals surface area contributed by atoms with Crippen LogP contribution in [0.1, 0.15) is 22.3 Å². The highest BCUT2D eigenvalue weighted by Gasteiger charge is 2.24. The molecule has 0 fully saturated rings. The second kappa shape index (κ2) is 4.51. The Morgan fingerprint density at radius 1 is 1.57 bits per heavy atom. The van der Waals surface area contributed by atoms with E-state index in [1.807, 2.05) is 0 Å². The van der Waals surface area contributed by atoms with Crippen molar-refractivity contribution in [2.24, 2.45) is 0 Å². The van der Waals surface area contributed by atoms with Gasteiger partial charge in [0.05, 0.1) is 5.56 Å². The van der Waals surface area contributed by atoms with Crippen LogP contribution in [0.2, 0.25) is 5.15 Å². The lowest BCUT2D eigenvalue weighted by molar-refractivity contribution is 0.106. The van der Waals surface area contributed by atoms with E-state index in [0.717, 1.165) is 6.20 Å². The number of rotatable bonds is 2. The van der Waals surface area contributed by atoms with Crippen LogP contribution in [0, 0.1) is 0 Å². The lowest BCUT2D eigenvalue weighted by Gasteiger charge is -2.08. The molecule has 0 saturated carbocycles. The lowest BCUT2D eigenvalue weighted by atomic mass is 10.1. The topological polar surface area (TPSA) is 30.0 Å². The van der Waals surface area contributed by atoms with Crippen molar-refractivity contribution in [3.05, 3.63) is 26.9 Å². The van der Waals surface area contributed by atoms with Gasteiger partial charge < -0.3 is 0 Å². The molecule has 0 aliphatic carbocycles. The molecule has 0 spiro atoms. The van der Waals surface area contributed by atoms with Crippen LogP contribution in [-0.2, 0) is 0 Å². The first kappa shape index (κ1) is 11.8. The van der Waals surface area contributed by atoms with E-state index in [4.69, 9.17) is 23.2 Å². The molecule has 0 aliphatic heterocycles. The zero-order chi connectivity index (χ0) is 10.9. The Bertz CT molecular complexity index is 386. The summed E-state index contributed by atoms with van der Waals surface area (Å²) in [6.07, 6.45) is -1.75. The molecule has 1 aromatic heterocycles. The molecule has 0 aromatic carbocycles. The van der Waals surface area contributed by atoms with Crippen LogP contribution >= 0.6 is 39.1 Å². The third-order valence-electron chi connectivity index (χ3n) is 1.44. The molecular formula is C7H2BrCl2F2NO. The first-order valence-corrected chi connectivity index (χ1v) is 4.82. The van der Waals surface area contributed by atoms with E-state index in [0.29, 0.717) is 0 Å². The zero-order valence-electron chi connectivity index (χ0n) is 6.40. The molecular weight excluding hydrogens is 303 g/mol. The average molecular weight is 305 g/mol. The predicted molar refractivity (Wildman–Crippen MR) is 52.1 cm³/mol. The SMILES string of the molecule is O=C(Cl)c1c(Cl)ncc(Br)c1C(F)F. The van der Waals surface area contributed by atoms with Crippen molar-refractivity contribution in [1.82, 2.24) is 4.98 Å². The number of alkyl halides is 2. The van der Waals surface area contributed by atoms with Crippen molar-refractivity contribution in [3.63, 3.8) is 0 Å². The fourth-order valence-electron chi connectivity index (χ4n) is 0.878. The number of hydrogen-bond donors (Lipinski definition) is 0. The molecule has 0 unspecified atom stereocenters. The maximum atomic E-state index is 12.5. The molecule has 14 heavy (non-hydrogen) atoms. The summed E-state index contributed by atoms with van der Waals surface area (Å²) >= 11 is 13.4. The molecule has 0 bridgehead atoms. The molecule has 0 saturated heterocycles. The quantitative estimate of drug-likeness (QED) is 0.614. The fourth-order valence-corrected chi connectivity index (χ4v) is 1.83. The van der Waals surface area contributed by atoms with Crippen LogP contribution < -0.4 is 0 Å². The second-order valence-corrected chi connectivity index (χ2v) is 3.82. The lowest BCUT2D eigenvalue weighted by Crippen LogP contribution is -2.02. The number of aromatic nitrogens is 1. The molecule has 1 heterocycles. The number of pyridine rings is 1. The summed E-state index contributed by atoms with van der Waals surface area (Å²) in [6.45, 7) is 0. The van der Waals surface area contributed by atoms with Gasteiger partial charge in [-0.15, -0.1) is 0 Å². The Balaban J connectivity index is 3.50. The van der Waals surface area contributed by atoms with Crippen molar-refractivity contribution in [3.8, 4) is 0 Å². The van der Waals surface area contributed by atoms with Gasteiger partial charge in [-0.05, 0) is 27.5 Å². The number of hydrogen-bond acceptors (Lipinski definition) is 2. The number of carbonyl (C=O) groups is 1. The minimum atomic E-state index is -2.84. The highest BCUT2D eigenvalue weighted by atomic mass is 79.9. The average Bonchev–Trinajstić information content (AvgIpc) is 2.07. The van der Waals surface area contributed by atoms with Crippen LogP contribution in [0.25, 0.3) is 0 Å². The molecule has 76 valence electrons. The van der Waals surface area contributed by atoms with E-state index >= 15 is 0 Å². The Hall–Kier alpha value is -0.260. The van der Waals surface area contributed by atoms with Crippen molar-refractivity contribution < 1.29 is 13.6 Å². The normalized spacial score (nSPS) is 10.7. The minimum Gasteiger partial charge on any atom is -0.275 e. The molecule has 7 heteroatoms. The molecule has 0 amide bonds. The van der Waals surface area contributed by atoms with Crippen LogP contribution in [-0.4, -0.2) is 10.2 Å². The van der Waals surface area contributed by atoms with E-state index in [2.05, 4.69) is 20.9 Å². The largest absolute Gasteiger partial charge is 0.275 e. The molecule has 0 N–H and O–H groups in total. The molecule has 2 nitrogen and oxygen atoms in total. The van der Waals surface area contributed by atoms with E-state index < -0.39 is 22.8 Å². The highest BCUT2D eigenvalue weighted by molar-refractivity contribution is 9.10. The number of halogens is 5. The molecule has 0 atom stereocenters. The van der Waals surface area contributed by atoms with Crippen molar-refractivity contribution in [1.29, 1.82) is 0 Å². The van der Waals surface area contributed by atoms with Gasteiger partial charge in [0.1, 0.15) is 5.15 Å². The van der Waals surface area contributed by atoms with Gasteiger partial charge in [-0.25, -0.2) is 13.8 Å². The van der Waals surface area contributed by atoms with Gasteiger partial charge in [0.25, 0.3) is 11.7 Å². The summed E-state index contributed by atoms with van der Waals surface area (Å²) in [5.41, 5.74) is -0.997. The Morgan fingerprint density at radius 2 is 2.14 bits per heavy atom. The van der Waals surface area contributed by atoms with E-state index in [1.165, 1.54) is 0 Å². The maximum Gasteiger partial charge on any atom is 0.265 e. The zero-order valence-corrected chi connectivity index (χ0v) is 9.50. The van der Waals surface area contributed by atoms with E-state index in [9.17, 15) is 13.6 Å². The maximum absolute atomic E-state index is 12.5. The summed E-state index contributed by atoms with van der Waals surface area (Å²) in [5.74, 6) is 0. The van der Waals surface area contributed by atoms with Crippen molar-refractivity contribution in [2.45, 2.75) is 6.43 Å². The Kier molecular flexibility index (Phi) is 3.80. The Labute approximate surface area is 96.3 Å². The molecule has 0 radical (unpaired) electrons. The number of nitrogens with zero attached hydrogens (tertiary/aromatic N) is 1. The third-order valence-corrected chi connectivity index (χ3v) is 2.55. The summed E-state index contributed by atoms with van der Waals surface area (Å²) in [7, 11) is 0. The van der Waals surface area contributed by atoms with Gasteiger partial charge in [-0.3, -0.25) is 4.79 Å². The summed E-state index contributed by atoms with van der Waals surface area (Å²) in [6, 6.07) is 0. The first-order chi connectivity index (χ1) is 6.45. The van der Waals surface area contributed by atoms with Crippen LogP contribution in [0.5, 0.6) is 0 Å². The monoisotopic (exact) mass is 303 g/mol. The molecule has 0 aliphatic rings. The van der Waals surface area contributed by atoms with Gasteiger partial charge in [-0.1, -0.05) is 11.6 Å². The standard InChI is InChI=1S/C7H2BrCl2F2NO/c8-2-1-13-5(9)4(6(10)14)3(2)7(11)12/h1,7H. The number of carbonyl (C=O) groups excluding carboxylic acids is 1. The summed E-state index contributed by atoms with van der Waals surface area (Å²) < 4.78 is 25.0. The van der Waals surface area contributed by atoms with Gasteiger partial charge in [0, 0.05) is 16.2 Å². The van der Waals surface area contributed by atoms with Crippen LogP contribution in [0.15, 0.2) is 10.7 Å². The Morgan fingerprint density at radius 3 is 2.50 bits per heavy atom. The van der Waals surface area contributed by atoms with Crippen LogP contribution in [0.4, 0.5) is 8.78 Å².